The van der Waals surface area contributed by atoms with Crippen molar-refractivity contribution in [3.63, 3.8) is 0 Å². The van der Waals surface area contributed by atoms with Gasteiger partial charge in [-0.05, 0) is 17.7 Å². The molecule has 0 atom stereocenters. The normalized spacial score (nSPS) is 11.5. The second-order valence-electron chi connectivity index (χ2n) is 5.88. The van der Waals surface area contributed by atoms with Crippen LogP contribution in [-0.4, -0.2) is 38.5 Å². The van der Waals surface area contributed by atoms with E-state index in [0.29, 0.717) is 11.6 Å². The first kappa shape index (κ1) is 21.4. The molecule has 1 aromatic carbocycles. The Morgan fingerprint density at radius 3 is 2.60 bits per heavy atom. The van der Waals surface area contributed by atoms with Crippen LogP contribution >= 0.6 is 0 Å². The lowest BCUT2D eigenvalue weighted by Crippen LogP contribution is -2.15. The zero-order valence-corrected chi connectivity index (χ0v) is 16.1. The topological polar surface area (TPSA) is 93.3 Å². The number of aromatic amines is 1. The van der Waals surface area contributed by atoms with Crippen LogP contribution in [0.15, 0.2) is 47.6 Å². The predicted molar refractivity (Wildman–Crippen MR) is 99.2 cm³/mol. The highest BCUT2D eigenvalue weighted by Gasteiger charge is 2.24. The third-order valence-corrected chi connectivity index (χ3v) is 5.23. The minimum atomic E-state index is -4.30. The van der Waals surface area contributed by atoms with Crippen molar-refractivity contribution in [3.05, 3.63) is 54.4 Å². The van der Waals surface area contributed by atoms with E-state index in [1.807, 2.05) is 0 Å². The Kier molecular flexibility index (Phi) is 6.15. The van der Waals surface area contributed by atoms with E-state index in [1.165, 1.54) is 30.6 Å². The number of sulfonamides is 1. The minimum absolute atomic E-state index is 0.172. The largest absolute Gasteiger partial charge is 0.479 e. The molecule has 0 unspecified atom stereocenters. The van der Waals surface area contributed by atoms with Gasteiger partial charge in [0, 0.05) is 24.0 Å². The number of nitrogens with zero attached hydrogens (tertiary/aromatic N) is 1. The molecule has 2 N–H and O–H groups in total. The van der Waals surface area contributed by atoms with Gasteiger partial charge in [0.1, 0.15) is 16.4 Å². The van der Waals surface area contributed by atoms with E-state index in [-0.39, 0.29) is 16.1 Å². The van der Waals surface area contributed by atoms with E-state index in [2.05, 4.69) is 19.4 Å². The zero-order valence-electron chi connectivity index (χ0n) is 15.3. The standard InChI is InChI=1S/C18H15F4N3O4S/c1-28-18-14(6-13(20)17(24-18)29-9-16(21)22)25-30(26,27)15-8-23-7-12(15)10-3-2-4-11(19)5-10/h2-8,16,23,25H,9H2,1H3. The summed E-state index contributed by atoms with van der Waals surface area (Å²) in [7, 11) is -3.17. The number of H-pyrrole nitrogens is 1. The third-order valence-electron chi connectivity index (χ3n) is 3.83. The minimum Gasteiger partial charge on any atom is -0.479 e. The summed E-state index contributed by atoms with van der Waals surface area (Å²) >= 11 is 0. The fourth-order valence-electron chi connectivity index (χ4n) is 2.58. The Hall–Kier alpha value is -3.28. The number of pyridine rings is 1. The van der Waals surface area contributed by atoms with Gasteiger partial charge in [-0.25, -0.2) is 26.0 Å². The van der Waals surface area contributed by atoms with Gasteiger partial charge in [0.2, 0.25) is 5.88 Å². The van der Waals surface area contributed by atoms with Gasteiger partial charge < -0.3 is 14.5 Å². The third kappa shape index (κ3) is 4.64. The number of hydrogen-bond acceptors (Lipinski definition) is 5. The number of anilines is 1. The summed E-state index contributed by atoms with van der Waals surface area (Å²) in [6, 6.07) is 5.99. The Morgan fingerprint density at radius 1 is 1.17 bits per heavy atom. The molecule has 2 heterocycles. The van der Waals surface area contributed by atoms with E-state index < -0.39 is 46.5 Å². The summed E-state index contributed by atoms with van der Waals surface area (Å²) in [5.41, 5.74) is 0.0840. The molecule has 0 radical (unpaired) electrons. The van der Waals surface area contributed by atoms with Crippen LogP contribution in [0.5, 0.6) is 11.8 Å². The van der Waals surface area contributed by atoms with Crippen molar-refractivity contribution in [3.8, 4) is 22.9 Å². The predicted octanol–water partition coefficient (Wildman–Crippen LogP) is 3.81. The average molecular weight is 445 g/mol. The van der Waals surface area contributed by atoms with Crippen molar-refractivity contribution < 1.29 is 35.5 Å². The van der Waals surface area contributed by atoms with Crippen LogP contribution < -0.4 is 14.2 Å². The number of methoxy groups -OCH3 is 1. The molecular formula is C18H15F4N3O4S. The maximum absolute atomic E-state index is 14.2. The lowest BCUT2D eigenvalue weighted by Gasteiger charge is -2.14. The van der Waals surface area contributed by atoms with Gasteiger partial charge in [0.25, 0.3) is 22.3 Å². The Balaban J connectivity index is 1.95. The van der Waals surface area contributed by atoms with Gasteiger partial charge in [-0.1, -0.05) is 12.1 Å². The first-order valence-electron chi connectivity index (χ1n) is 8.32. The smallest absolute Gasteiger partial charge is 0.272 e. The number of benzene rings is 1. The van der Waals surface area contributed by atoms with Crippen molar-refractivity contribution in [2.45, 2.75) is 11.3 Å². The molecule has 0 saturated carbocycles. The van der Waals surface area contributed by atoms with Gasteiger partial charge in [-0.15, -0.1) is 0 Å². The highest BCUT2D eigenvalue weighted by Crippen LogP contribution is 2.33. The van der Waals surface area contributed by atoms with Gasteiger partial charge in [0.15, 0.2) is 12.4 Å². The summed E-state index contributed by atoms with van der Waals surface area (Å²) in [5.74, 6) is -2.89. The van der Waals surface area contributed by atoms with E-state index in [9.17, 15) is 26.0 Å². The number of aromatic nitrogens is 2. The number of halogens is 4. The zero-order chi connectivity index (χ0) is 21.9. The van der Waals surface area contributed by atoms with Crippen molar-refractivity contribution >= 4 is 15.7 Å². The quantitative estimate of drug-likeness (QED) is 0.515. The summed E-state index contributed by atoms with van der Waals surface area (Å²) in [6.07, 6.45) is -0.329. The second kappa shape index (κ2) is 8.61. The second-order valence-corrected chi connectivity index (χ2v) is 7.53. The number of ether oxygens (including phenoxy) is 2. The molecule has 0 spiro atoms. The molecule has 3 rings (SSSR count). The molecule has 0 aliphatic carbocycles. The van der Waals surface area contributed by atoms with Crippen molar-refractivity contribution in [2.75, 3.05) is 18.4 Å². The number of hydrogen-bond donors (Lipinski definition) is 2. The number of alkyl halides is 2. The molecule has 30 heavy (non-hydrogen) atoms. The van der Waals surface area contributed by atoms with E-state index in [1.54, 1.807) is 0 Å². The molecule has 3 aromatic rings. The molecule has 12 heteroatoms. The van der Waals surface area contributed by atoms with Gasteiger partial charge in [-0.3, -0.25) is 4.72 Å². The molecule has 0 bridgehead atoms. The van der Waals surface area contributed by atoms with E-state index in [4.69, 9.17) is 4.74 Å². The van der Waals surface area contributed by atoms with Gasteiger partial charge in [0.05, 0.1) is 7.11 Å². The van der Waals surface area contributed by atoms with Crippen molar-refractivity contribution in [2.24, 2.45) is 0 Å². The van der Waals surface area contributed by atoms with Crippen molar-refractivity contribution in [1.29, 1.82) is 0 Å². The molecule has 0 saturated heterocycles. The average Bonchev–Trinajstić information content (AvgIpc) is 3.18. The SMILES string of the molecule is COc1nc(OCC(F)F)c(F)cc1NS(=O)(=O)c1c[nH]cc1-c1cccc(F)c1. The molecule has 7 nitrogen and oxygen atoms in total. The molecular weight excluding hydrogens is 430 g/mol. The van der Waals surface area contributed by atoms with Crippen LogP contribution in [0.3, 0.4) is 0 Å². The van der Waals surface area contributed by atoms with Crippen LogP contribution in [0.4, 0.5) is 23.2 Å². The molecule has 0 aliphatic rings. The van der Waals surface area contributed by atoms with Crippen LogP contribution in [-0.2, 0) is 10.0 Å². The highest BCUT2D eigenvalue weighted by atomic mass is 32.2. The number of nitrogens with one attached hydrogen (secondary N) is 2. The molecule has 2 aromatic heterocycles. The lowest BCUT2D eigenvalue weighted by molar-refractivity contribution is 0.0770. The van der Waals surface area contributed by atoms with Crippen LogP contribution in [0.1, 0.15) is 0 Å². The first-order chi connectivity index (χ1) is 14.2. The molecule has 0 amide bonds. The van der Waals surface area contributed by atoms with Crippen LogP contribution in [0.25, 0.3) is 11.1 Å². The monoisotopic (exact) mass is 445 g/mol. The first-order valence-corrected chi connectivity index (χ1v) is 9.80. The van der Waals surface area contributed by atoms with Crippen LogP contribution in [0.2, 0.25) is 0 Å². The fourth-order valence-corrected chi connectivity index (χ4v) is 3.82. The van der Waals surface area contributed by atoms with Crippen LogP contribution in [0, 0.1) is 11.6 Å². The maximum atomic E-state index is 14.2. The van der Waals surface area contributed by atoms with Crippen molar-refractivity contribution in [1.82, 2.24) is 9.97 Å². The Labute approximate surface area is 168 Å². The molecule has 0 fully saturated rings. The van der Waals surface area contributed by atoms with Gasteiger partial charge >= 0.3 is 0 Å². The Bertz CT molecular complexity index is 1150. The maximum Gasteiger partial charge on any atom is 0.272 e. The molecule has 160 valence electrons. The van der Waals surface area contributed by atoms with E-state index in [0.717, 1.165) is 13.2 Å². The fraction of sp³-hybridized carbons (Fsp3) is 0.167. The summed E-state index contributed by atoms with van der Waals surface area (Å²) in [5, 5.41) is 0. The summed E-state index contributed by atoms with van der Waals surface area (Å²) < 4.78 is 89.5. The summed E-state index contributed by atoms with van der Waals surface area (Å²) in [4.78, 5) is 5.97. The van der Waals surface area contributed by atoms with E-state index >= 15 is 0 Å². The van der Waals surface area contributed by atoms with Gasteiger partial charge in [-0.2, -0.15) is 4.98 Å². The summed E-state index contributed by atoms with van der Waals surface area (Å²) in [6.45, 7) is -1.10. The molecule has 0 aliphatic heterocycles. The number of rotatable bonds is 8. The lowest BCUT2D eigenvalue weighted by atomic mass is 10.1. The Morgan fingerprint density at radius 2 is 1.93 bits per heavy atom. The highest BCUT2D eigenvalue weighted by molar-refractivity contribution is 7.92.